The van der Waals surface area contributed by atoms with Crippen molar-refractivity contribution < 1.29 is 9.90 Å². The second-order valence-corrected chi connectivity index (χ2v) is 6.47. The molecule has 0 aliphatic heterocycles. The van der Waals surface area contributed by atoms with E-state index < -0.39 is 22.9 Å². The smallest absolute Gasteiger partial charge is 0.326 e. The summed E-state index contributed by atoms with van der Waals surface area (Å²) in [6, 6.07) is 7.80. The van der Waals surface area contributed by atoms with E-state index in [1.165, 1.54) is 0 Å². The van der Waals surface area contributed by atoms with Crippen molar-refractivity contribution in [2.45, 2.75) is 25.8 Å². The normalized spacial score (nSPS) is 11.8. The summed E-state index contributed by atoms with van der Waals surface area (Å²) in [5, 5.41) is 18.2. The third kappa shape index (κ3) is 4.75. The summed E-state index contributed by atoms with van der Waals surface area (Å²) in [6.45, 7) is 2.45. The van der Waals surface area contributed by atoms with Crippen LogP contribution in [-0.4, -0.2) is 33.6 Å². The Morgan fingerprint density at radius 2 is 1.72 bits per heavy atom. The van der Waals surface area contributed by atoms with E-state index >= 15 is 0 Å². The fourth-order valence-corrected chi connectivity index (χ4v) is 2.77. The Balaban J connectivity index is 1.68. The first-order valence-electron chi connectivity index (χ1n) is 9.19. The minimum atomic E-state index is -1.11. The van der Waals surface area contributed by atoms with Gasteiger partial charge in [-0.2, -0.15) is 0 Å². The van der Waals surface area contributed by atoms with Gasteiger partial charge in [-0.3, -0.25) is 9.59 Å². The van der Waals surface area contributed by atoms with E-state index in [9.17, 15) is 19.5 Å². The molecule has 1 heterocycles. The molecule has 3 rings (SSSR count). The molecule has 150 valence electrons. The molecule has 9 nitrogen and oxygen atoms in total. The topological polar surface area (TPSA) is 133 Å². The van der Waals surface area contributed by atoms with Crippen LogP contribution in [0, 0.1) is 0 Å². The zero-order valence-electron chi connectivity index (χ0n) is 15.8. The number of carboxylic acids is 1. The molecule has 0 spiro atoms. The molecule has 0 aliphatic rings. The van der Waals surface area contributed by atoms with Crippen molar-refractivity contribution in [1.82, 2.24) is 9.97 Å². The number of carbonyl (C=O) groups is 1. The van der Waals surface area contributed by atoms with Gasteiger partial charge < -0.3 is 21.1 Å². The Kier molecular flexibility index (Phi) is 6.18. The van der Waals surface area contributed by atoms with Crippen LogP contribution in [0.3, 0.4) is 0 Å². The first-order valence-corrected chi connectivity index (χ1v) is 9.19. The number of nitrogens with zero attached hydrogens (tertiary/aromatic N) is 2. The highest BCUT2D eigenvalue weighted by Gasteiger charge is 2.26. The first kappa shape index (κ1) is 20.0. The van der Waals surface area contributed by atoms with Gasteiger partial charge in [0.1, 0.15) is 17.4 Å². The van der Waals surface area contributed by atoms with Crippen LogP contribution in [0.1, 0.15) is 18.9 Å². The number of aliphatic carboxylic acids is 1. The number of benzene rings is 1. The average molecular weight is 395 g/mol. The van der Waals surface area contributed by atoms with Crippen LogP contribution in [0.5, 0.6) is 0 Å². The third-order valence-corrected chi connectivity index (χ3v) is 4.29. The SMILES string of the molecule is CCCNc1c(N[C@@H](Cc2ccc(Nc3ncccn3)cc2)C(=O)O)c(=O)c1=O. The Morgan fingerprint density at radius 1 is 1.07 bits per heavy atom. The fraction of sp³-hybridized carbons (Fsp3) is 0.250. The first-order chi connectivity index (χ1) is 14.0. The maximum atomic E-state index is 11.8. The highest BCUT2D eigenvalue weighted by molar-refractivity contribution is 5.82. The van der Waals surface area contributed by atoms with Gasteiger partial charge in [-0.25, -0.2) is 14.8 Å². The molecule has 0 saturated heterocycles. The van der Waals surface area contributed by atoms with Gasteiger partial charge in [-0.15, -0.1) is 0 Å². The molecule has 4 N–H and O–H groups in total. The lowest BCUT2D eigenvalue weighted by molar-refractivity contribution is -0.137. The van der Waals surface area contributed by atoms with Crippen LogP contribution in [0.25, 0.3) is 0 Å². The van der Waals surface area contributed by atoms with Crippen LogP contribution in [0.4, 0.5) is 23.0 Å². The van der Waals surface area contributed by atoms with Crippen molar-refractivity contribution in [3.8, 4) is 0 Å². The van der Waals surface area contributed by atoms with Gasteiger partial charge in [0.25, 0.3) is 10.9 Å². The Labute approximate surface area is 166 Å². The van der Waals surface area contributed by atoms with Crippen LogP contribution >= 0.6 is 0 Å². The maximum Gasteiger partial charge on any atom is 0.326 e. The number of anilines is 4. The number of carboxylic acid groups (broad SMARTS) is 1. The van der Waals surface area contributed by atoms with E-state index in [1.54, 1.807) is 42.7 Å². The number of rotatable bonds is 10. The van der Waals surface area contributed by atoms with E-state index in [0.717, 1.165) is 17.7 Å². The van der Waals surface area contributed by atoms with Gasteiger partial charge in [-0.1, -0.05) is 19.1 Å². The molecule has 2 aromatic carbocycles. The molecule has 1 atom stereocenters. The summed E-state index contributed by atoms with van der Waals surface area (Å²) in [4.78, 5) is 43.4. The Morgan fingerprint density at radius 3 is 2.34 bits per heavy atom. The van der Waals surface area contributed by atoms with Crippen molar-refractivity contribution >= 4 is 29.0 Å². The van der Waals surface area contributed by atoms with E-state index in [-0.39, 0.29) is 17.8 Å². The number of hydrogen-bond donors (Lipinski definition) is 4. The summed E-state index contributed by atoms with van der Waals surface area (Å²) in [5.74, 6) is -0.656. The lowest BCUT2D eigenvalue weighted by Gasteiger charge is -2.20. The van der Waals surface area contributed by atoms with Crippen molar-refractivity contribution in [3.05, 3.63) is 68.7 Å². The second-order valence-electron chi connectivity index (χ2n) is 6.47. The van der Waals surface area contributed by atoms with Gasteiger partial charge >= 0.3 is 5.97 Å². The Hall–Kier alpha value is -3.75. The molecule has 29 heavy (non-hydrogen) atoms. The zero-order chi connectivity index (χ0) is 20.8. The molecule has 0 radical (unpaired) electrons. The molecule has 0 saturated carbocycles. The van der Waals surface area contributed by atoms with Crippen molar-refractivity contribution in [2.24, 2.45) is 0 Å². The minimum Gasteiger partial charge on any atom is -0.480 e. The summed E-state index contributed by atoms with van der Waals surface area (Å²) in [5.41, 5.74) is 0.390. The van der Waals surface area contributed by atoms with Crippen LogP contribution < -0.4 is 26.8 Å². The minimum absolute atomic E-state index is 0.0374. The molecule has 1 aromatic heterocycles. The summed E-state index contributed by atoms with van der Waals surface area (Å²) < 4.78 is 0. The van der Waals surface area contributed by atoms with Crippen molar-refractivity contribution in [2.75, 3.05) is 22.5 Å². The number of aromatic nitrogens is 2. The van der Waals surface area contributed by atoms with E-state index in [0.29, 0.717) is 12.5 Å². The molecule has 0 amide bonds. The van der Waals surface area contributed by atoms with E-state index in [4.69, 9.17) is 0 Å². The predicted molar refractivity (Wildman–Crippen MR) is 111 cm³/mol. The van der Waals surface area contributed by atoms with Gasteiger partial charge in [0.15, 0.2) is 0 Å². The van der Waals surface area contributed by atoms with E-state index in [1.807, 2.05) is 6.92 Å². The molecule has 0 unspecified atom stereocenters. The quantitative estimate of drug-likeness (QED) is 0.379. The monoisotopic (exact) mass is 395 g/mol. The summed E-state index contributed by atoms with van der Waals surface area (Å²) in [7, 11) is 0. The number of hydrogen-bond acceptors (Lipinski definition) is 8. The predicted octanol–water partition coefficient (Wildman–Crippen LogP) is 1.75. The highest BCUT2D eigenvalue weighted by Crippen LogP contribution is 2.19. The van der Waals surface area contributed by atoms with Gasteiger partial charge in [0, 0.05) is 31.0 Å². The van der Waals surface area contributed by atoms with Gasteiger partial charge in [-0.05, 0) is 30.2 Å². The van der Waals surface area contributed by atoms with Gasteiger partial charge in [0.2, 0.25) is 5.95 Å². The largest absolute Gasteiger partial charge is 0.480 e. The number of nitrogens with one attached hydrogen (secondary N) is 3. The molecule has 0 aliphatic carbocycles. The second kappa shape index (κ2) is 8.96. The highest BCUT2D eigenvalue weighted by atomic mass is 16.4. The van der Waals surface area contributed by atoms with Crippen LogP contribution in [0.15, 0.2) is 52.3 Å². The molecule has 0 fully saturated rings. The molecular formula is C20H21N5O4. The lowest BCUT2D eigenvalue weighted by Crippen LogP contribution is -2.42. The molecule has 0 bridgehead atoms. The molecule has 9 heteroatoms. The zero-order valence-corrected chi connectivity index (χ0v) is 15.8. The summed E-state index contributed by atoms with van der Waals surface area (Å²) in [6.07, 6.45) is 4.16. The van der Waals surface area contributed by atoms with Crippen LogP contribution in [-0.2, 0) is 11.2 Å². The Bertz CT molecular complexity index is 1040. The van der Waals surface area contributed by atoms with E-state index in [2.05, 4.69) is 25.9 Å². The maximum absolute atomic E-state index is 11.8. The molecular weight excluding hydrogens is 374 g/mol. The molecule has 3 aromatic rings. The standard InChI is InChI=1S/C20H21N5O4/c1-2-8-21-15-16(18(27)17(15)26)25-14(19(28)29)11-12-4-6-13(7-5-12)24-20-22-9-3-10-23-20/h3-7,9-10,14,21,25H,2,8,11H2,1H3,(H,28,29)(H,22,23,24)/t14-/m0/s1. The lowest BCUT2D eigenvalue weighted by atomic mass is 10.0. The van der Waals surface area contributed by atoms with Crippen molar-refractivity contribution in [1.29, 1.82) is 0 Å². The third-order valence-electron chi connectivity index (χ3n) is 4.29. The summed E-state index contributed by atoms with van der Waals surface area (Å²) >= 11 is 0. The van der Waals surface area contributed by atoms with Crippen molar-refractivity contribution in [3.63, 3.8) is 0 Å². The fourth-order valence-electron chi connectivity index (χ4n) is 2.77. The van der Waals surface area contributed by atoms with Crippen LogP contribution in [0.2, 0.25) is 0 Å². The average Bonchev–Trinajstić information content (AvgIpc) is 2.73. The van der Waals surface area contributed by atoms with Gasteiger partial charge in [0.05, 0.1) is 0 Å².